The largest absolute Gasteiger partial charge is 0.466 e. The fourth-order valence-corrected chi connectivity index (χ4v) is 10.7. The summed E-state index contributed by atoms with van der Waals surface area (Å²) in [6, 6.07) is 0. The van der Waals surface area contributed by atoms with Crippen LogP contribution in [0.25, 0.3) is 0 Å². The number of unbranched alkanes of at least 4 members (excludes halogenated alkanes) is 21. The molecule has 0 aliphatic carbocycles. The van der Waals surface area contributed by atoms with Crippen molar-refractivity contribution < 1.29 is 43.2 Å². The number of hydrogen-bond donors (Lipinski definition) is 1. The fourth-order valence-electron chi connectivity index (χ4n) is 10.7. The van der Waals surface area contributed by atoms with Gasteiger partial charge in [-0.05, 0) is 173 Å². The van der Waals surface area contributed by atoms with Gasteiger partial charge in [0.2, 0.25) is 0 Å². The van der Waals surface area contributed by atoms with Crippen LogP contribution in [0.4, 0.5) is 0 Å². The van der Waals surface area contributed by atoms with Crippen LogP contribution in [0.5, 0.6) is 0 Å². The number of carbonyl (C=O) groups excluding carboxylic acids is 4. The molecular formula is C86H143NO9. The van der Waals surface area contributed by atoms with Crippen LogP contribution in [0.3, 0.4) is 0 Å². The fraction of sp³-hybridized carbons (Fsp3) is 0.674. The topological polar surface area (TPSA) is 129 Å². The molecule has 10 nitrogen and oxygen atoms in total. The SMILES string of the molecule is CC/C=C\C/C=C\C/C=C\C/C=C\C/C=C\CCCC(=O)OC(C/C=C\CCCCCCCCOC(=O)CCN(CCCCO)CCC(=O)OCCCCCCCC/C=C\CC(CCCCCC)OC(=O)CCC/C=C\C/C=C\C/C=C\C/C=C\C/C=C\CC)CCCCCC. The molecule has 0 aromatic rings. The van der Waals surface area contributed by atoms with Crippen LogP contribution in [-0.2, 0) is 38.1 Å². The normalized spacial score (nSPS) is 13.2. The molecule has 546 valence electrons. The van der Waals surface area contributed by atoms with E-state index in [9.17, 15) is 24.3 Å². The number of ether oxygens (including phenoxy) is 4. The third-order valence-corrected chi connectivity index (χ3v) is 16.5. The average Bonchev–Trinajstić information content (AvgIpc) is 3.77. The zero-order valence-electron chi connectivity index (χ0n) is 61.9. The second-order valence-corrected chi connectivity index (χ2v) is 25.6. The number of rotatable bonds is 70. The number of aliphatic hydroxyl groups excluding tert-OH is 1. The van der Waals surface area contributed by atoms with E-state index in [4.69, 9.17) is 18.9 Å². The Bertz CT molecular complexity index is 1990. The summed E-state index contributed by atoms with van der Waals surface area (Å²) in [6.45, 7) is 11.5. The van der Waals surface area contributed by atoms with Gasteiger partial charge in [-0.1, -0.05) is 263 Å². The van der Waals surface area contributed by atoms with Crippen LogP contribution >= 0.6 is 0 Å². The highest BCUT2D eigenvalue weighted by molar-refractivity contribution is 5.70. The molecule has 0 radical (unpaired) electrons. The molecule has 0 amide bonds. The Morgan fingerprint density at radius 3 is 0.969 bits per heavy atom. The Labute approximate surface area is 589 Å². The summed E-state index contributed by atoms with van der Waals surface area (Å²) in [5.74, 6) is -0.572. The van der Waals surface area contributed by atoms with E-state index in [-0.39, 0.29) is 55.5 Å². The average molecular weight is 1340 g/mol. The molecule has 96 heavy (non-hydrogen) atoms. The zero-order valence-corrected chi connectivity index (χ0v) is 61.9. The van der Waals surface area contributed by atoms with Gasteiger partial charge in [0.05, 0.1) is 26.1 Å². The van der Waals surface area contributed by atoms with Crippen LogP contribution in [0.1, 0.15) is 323 Å². The molecule has 0 saturated carbocycles. The predicted molar refractivity (Wildman–Crippen MR) is 410 cm³/mol. The lowest BCUT2D eigenvalue weighted by atomic mass is 10.1. The number of allylic oxidation sites excluding steroid dienone is 22. The summed E-state index contributed by atoms with van der Waals surface area (Å²) < 4.78 is 23.1. The first-order valence-corrected chi connectivity index (χ1v) is 39.1. The minimum atomic E-state index is -0.209. The number of esters is 4. The number of hydrogen-bond acceptors (Lipinski definition) is 10. The zero-order chi connectivity index (χ0) is 69.6. The Morgan fingerprint density at radius 2 is 0.615 bits per heavy atom. The van der Waals surface area contributed by atoms with Gasteiger partial charge in [0.15, 0.2) is 0 Å². The third-order valence-electron chi connectivity index (χ3n) is 16.5. The molecule has 0 spiro atoms. The highest BCUT2D eigenvalue weighted by Crippen LogP contribution is 2.18. The number of aliphatic hydroxyl groups is 1. The van der Waals surface area contributed by atoms with Crippen molar-refractivity contribution in [3.8, 4) is 0 Å². The first kappa shape index (κ1) is 90.7. The second kappa shape index (κ2) is 77.0. The van der Waals surface area contributed by atoms with Gasteiger partial charge >= 0.3 is 23.9 Å². The van der Waals surface area contributed by atoms with Gasteiger partial charge < -0.3 is 29.0 Å². The lowest BCUT2D eigenvalue weighted by Gasteiger charge is -2.21. The lowest BCUT2D eigenvalue weighted by molar-refractivity contribution is -0.150. The van der Waals surface area contributed by atoms with Crippen molar-refractivity contribution >= 4 is 23.9 Å². The molecule has 0 fully saturated rings. The van der Waals surface area contributed by atoms with Crippen LogP contribution in [-0.4, -0.2) is 85.5 Å². The van der Waals surface area contributed by atoms with Crippen molar-refractivity contribution in [1.29, 1.82) is 0 Å². The van der Waals surface area contributed by atoms with Crippen molar-refractivity contribution in [3.63, 3.8) is 0 Å². The smallest absolute Gasteiger partial charge is 0.307 e. The van der Waals surface area contributed by atoms with Crippen molar-refractivity contribution in [2.45, 2.75) is 335 Å². The Morgan fingerprint density at radius 1 is 0.302 bits per heavy atom. The predicted octanol–water partition coefficient (Wildman–Crippen LogP) is 23.9. The van der Waals surface area contributed by atoms with Crippen LogP contribution < -0.4 is 0 Å². The van der Waals surface area contributed by atoms with Crippen LogP contribution in [0.2, 0.25) is 0 Å². The number of carbonyl (C=O) groups is 4. The molecule has 0 saturated heterocycles. The summed E-state index contributed by atoms with van der Waals surface area (Å²) in [5.41, 5.74) is 0. The Kier molecular flexibility index (Phi) is 72.8. The first-order valence-electron chi connectivity index (χ1n) is 39.1. The van der Waals surface area contributed by atoms with Gasteiger partial charge in [0.25, 0.3) is 0 Å². The molecule has 0 aliphatic heterocycles. The van der Waals surface area contributed by atoms with E-state index >= 15 is 0 Å². The van der Waals surface area contributed by atoms with E-state index in [1.807, 2.05) is 0 Å². The highest BCUT2D eigenvalue weighted by atomic mass is 16.6. The Hall–Kier alpha value is -5.32. The summed E-state index contributed by atoms with van der Waals surface area (Å²) in [4.78, 5) is 53.0. The van der Waals surface area contributed by atoms with Gasteiger partial charge in [-0.2, -0.15) is 0 Å². The molecule has 0 rings (SSSR count). The molecule has 0 aliphatic rings. The molecular weight excluding hydrogens is 1190 g/mol. The minimum Gasteiger partial charge on any atom is -0.466 e. The second-order valence-electron chi connectivity index (χ2n) is 25.6. The van der Waals surface area contributed by atoms with Crippen LogP contribution in [0.15, 0.2) is 146 Å². The van der Waals surface area contributed by atoms with E-state index in [2.05, 4.69) is 178 Å². The standard InChI is InChI=1S/C86H143NO9/c1-5-9-13-17-19-21-23-25-27-29-31-33-35-41-47-53-61-71-85(91)95-81(67-57-15-11-7-3)69-59-51-45-39-37-43-49-55-65-79-93-83(89)73-76-87(75-63-64-78-88)77-74-84(90)94-80-66-56-50-44-38-40-46-52-60-70-82(68-58-16-12-8-4)96-86(92)72-62-54-48-42-36-34-32-30-28-26-24-22-20-18-14-10-6-2/h9-10,13-14,19-22,25-28,31-34,41-42,47-48,51-52,59-60,81-82,88H,5-8,11-12,15-18,23-24,29-30,35-40,43-46,49-50,53-58,61-80H2,1-4H3/b13-9-,14-10-,21-19-,22-20-,27-25-,28-26-,33-31-,34-32-,47-41-,48-42-,59-51-,60-52-. The molecule has 0 heterocycles. The highest BCUT2D eigenvalue weighted by Gasteiger charge is 2.16. The molecule has 2 unspecified atom stereocenters. The summed E-state index contributed by atoms with van der Waals surface area (Å²) in [7, 11) is 0. The van der Waals surface area contributed by atoms with Crippen LogP contribution in [0, 0.1) is 0 Å². The van der Waals surface area contributed by atoms with Crippen molar-refractivity contribution in [2.24, 2.45) is 0 Å². The maximum atomic E-state index is 12.8. The monoisotopic (exact) mass is 1330 g/mol. The maximum absolute atomic E-state index is 12.8. The van der Waals surface area contributed by atoms with Crippen molar-refractivity contribution in [3.05, 3.63) is 146 Å². The third kappa shape index (κ3) is 71.5. The van der Waals surface area contributed by atoms with Crippen molar-refractivity contribution in [1.82, 2.24) is 4.90 Å². The molecule has 10 heteroatoms. The van der Waals surface area contributed by atoms with Gasteiger partial charge in [-0.15, -0.1) is 0 Å². The molecule has 0 aromatic heterocycles. The Balaban J connectivity index is 4.29. The lowest BCUT2D eigenvalue weighted by Crippen LogP contribution is -2.31. The van der Waals surface area contributed by atoms with E-state index < -0.39 is 0 Å². The maximum Gasteiger partial charge on any atom is 0.307 e. The number of nitrogens with zero attached hydrogens (tertiary/aromatic N) is 1. The molecule has 2 atom stereocenters. The quantitative estimate of drug-likeness (QED) is 0.0272. The summed E-state index contributed by atoms with van der Waals surface area (Å²) in [6.07, 6.45) is 96.9. The first-order chi connectivity index (χ1) is 47.3. The van der Waals surface area contributed by atoms with Gasteiger partial charge in [0.1, 0.15) is 12.2 Å². The van der Waals surface area contributed by atoms with Crippen molar-refractivity contribution in [2.75, 3.05) is 39.5 Å². The van der Waals surface area contributed by atoms with E-state index in [1.165, 1.54) is 38.5 Å². The van der Waals surface area contributed by atoms with Gasteiger partial charge in [0, 0.05) is 45.4 Å². The minimum absolute atomic E-state index is 0.0459. The van der Waals surface area contributed by atoms with Gasteiger partial charge in [-0.3, -0.25) is 19.2 Å². The van der Waals surface area contributed by atoms with E-state index in [0.29, 0.717) is 52.1 Å². The molecule has 1 N–H and O–H groups in total. The summed E-state index contributed by atoms with van der Waals surface area (Å²) >= 11 is 0. The van der Waals surface area contributed by atoms with E-state index in [1.54, 1.807) is 0 Å². The molecule has 0 aromatic carbocycles. The van der Waals surface area contributed by atoms with Gasteiger partial charge in [-0.25, -0.2) is 0 Å². The molecule has 0 bridgehead atoms. The van der Waals surface area contributed by atoms with E-state index in [0.717, 1.165) is 225 Å². The summed E-state index contributed by atoms with van der Waals surface area (Å²) in [5, 5.41) is 9.37.